The molecule has 1 heterocycles. The quantitative estimate of drug-likeness (QED) is 0.339. The Hall–Kier alpha value is -1.99. The molecular formula is C21H29NO5S. The van der Waals surface area contributed by atoms with E-state index in [1.54, 1.807) is 17.8 Å². The van der Waals surface area contributed by atoms with Crippen LogP contribution in [-0.4, -0.2) is 50.9 Å². The maximum Gasteiger partial charge on any atom is 0.338 e. The van der Waals surface area contributed by atoms with Crippen LogP contribution in [0.5, 0.6) is 0 Å². The van der Waals surface area contributed by atoms with Crippen LogP contribution in [0.1, 0.15) is 20.8 Å². The van der Waals surface area contributed by atoms with Gasteiger partial charge in [-0.1, -0.05) is 12.1 Å². The van der Waals surface area contributed by atoms with Gasteiger partial charge >= 0.3 is 11.6 Å². The summed E-state index contributed by atoms with van der Waals surface area (Å²) in [5.74, 6) is 1.43. The van der Waals surface area contributed by atoms with Crippen molar-refractivity contribution < 1.29 is 18.7 Å². The lowest BCUT2D eigenvalue weighted by Gasteiger charge is -2.20. The van der Waals surface area contributed by atoms with E-state index in [-0.39, 0.29) is 11.6 Å². The molecule has 0 saturated heterocycles. The zero-order chi connectivity index (χ0) is 20.6. The first kappa shape index (κ1) is 22.3. The van der Waals surface area contributed by atoms with E-state index in [2.05, 4.69) is 0 Å². The second-order valence-corrected chi connectivity index (χ2v) is 8.70. The summed E-state index contributed by atoms with van der Waals surface area (Å²) in [5, 5.41) is 0.907. The van der Waals surface area contributed by atoms with Crippen LogP contribution < -0.4 is 10.5 Å². The zero-order valence-corrected chi connectivity index (χ0v) is 17.8. The number of fused-ring (bicyclic) bond motifs is 1. The third-order valence-corrected chi connectivity index (χ3v) is 4.97. The van der Waals surface area contributed by atoms with Crippen LogP contribution in [0.15, 0.2) is 39.5 Å². The van der Waals surface area contributed by atoms with Crippen molar-refractivity contribution in [2.45, 2.75) is 20.8 Å². The number of likely N-dealkylation sites (N-methyl/N-ethyl adjacent to an activating group) is 1. The van der Waals surface area contributed by atoms with Crippen LogP contribution in [0, 0.1) is 5.41 Å². The Labute approximate surface area is 170 Å². The highest BCUT2D eigenvalue weighted by atomic mass is 32.2. The van der Waals surface area contributed by atoms with E-state index in [1.165, 1.54) is 6.07 Å². The topological polar surface area (TPSA) is 69.0 Å². The summed E-state index contributed by atoms with van der Waals surface area (Å²) >= 11 is 1.70. The number of ether oxygens (including phenoxy) is 2. The third-order valence-electron chi connectivity index (χ3n) is 4.06. The summed E-state index contributed by atoms with van der Waals surface area (Å²) in [6.07, 6.45) is 0. The fourth-order valence-corrected chi connectivity index (χ4v) is 3.10. The van der Waals surface area contributed by atoms with Crippen LogP contribution >= 0.6 is 11.8 Å². The number of benzene rings is 1. The van der Waals surface area contributed by atoms with Gasteiger partial charge in [-0.25, -0.2) is 4.79 Å². The summed E-state index contributed by atoms with van der Waals surface area (Å²) in [5.41, 5.74) is 0.613. The molecule has 1 aromatic heterocycles. The van der Waals surface area contributed by atoms with Gasteiger partial charge < -0.3 is 18.8 Å². The highest BCUT2D eigenvalue weighted by Crippen LogP contribution is 2.23. The number of carbonyl (C=O) groups excluding carboxylic acids is 1. The predicted molar refractivity (Wildman–Crippen MR) is 114 cm³/mol. The molecule has 0 saturated carbocycles. The Morgan fingerprint density at radius 2 is 1.86 bits per heavy atom. The van der Waals surface area contributed by atoms with E-state index >= 15 is 0 Å². The fourth-order valence-electron chi connectivity index (χ4n) is 2.46. The van der Waals surface area contributed by atoms with E-state index in [9.17, 15) is 9.59 Å². The molecule has 0 bridgehead atoms. The van der Waals surface area contributed by atoms with Gasteiger partial charge in [0.2, 0.25) is 0 Å². The van der Waals surface area contributed by atoms with Gasteiger partial charge in [0.15, 0.2) is 0 Å². The number of thioether (sulfide) groups is 1. The van der Waals surface area contributed by atoms with Crippen LogP contribution in [0.4, 0.5) is 5.69 Å². The number of hydrogen-bond donors (Lipinski definition) is 0. The minimum Gasteiger partial charge on any atom is -0.464 e. The van der Waals surface area contributed by atoms with Crippen molar-refractivity contribution in [3.63, 3.8) is 0 Å². The number of anilines is 1. The monoisotopic (exact) mass is 407 g/mol. The fraction of sp³-hybridized carbons (Fsp3) is 0.524. The van der Waals surface area contributed by atoms with Crippen molar-refractivity contribution in [1.82, 2.24) is 0 Å². The van der Waals surface area contributed by atoms with Gasteiger partial charge in [0.05, 0.1) is 24.3 Å². The minimum atomic E-state index is -0.454. The molecule has 0 aliphatic heterocycles. The molecular weight excluding hydrogens is 378 g/mol. The Bertz CT molecular complexity index is 827. The smallest absolute Gasteiger partial charge is 0.338 e. The van der Waals surface area contributed by atoms with E-state index in [4.69, 9.17) is 13.9 Å². The Morgan fingerprint density at radius 1 is 1.14 bits per heavy atom. The second-order valence-electron chi connectivity index (χ2n) is 7.48. The average molecular weight is 408 g/mol. The summed E-state index contributed by atoms with van der Waals surface area (Å²) in [7, 11) is 1.93. The lowest BCUT2D eigenvalue weighted by atomic mass is 9.97. The van der Waals surface area contributed by atoms with Crippen molar-refractivity contribution in [3.8, 4) is 0 Å². The molecule has 2 aromatic rings. The summed E-state index contributed by atoms with van der Waals surface area (Å²) in [4.78, 5) is 25.4. The minimum absolute atomic E-state index is 0.171. The average Bonchev–Trinajstić information content (AvgIpc) is 2.64. The van der Waals surface area contributed by atoms with Gasteiger partial charge in [-0.2, -0.15) is 11.8 Å². The molecule has 7 heteroatoms. The van der Waals surface area contributed by atoms with Gasteiger partial charge in [0.25, 0.3) is 0 Å². The first-order valence-corrected chi connectivity index (χ1v) is 10.5. The lowest BCUT2D eigenvalue weighted by Crippen LogP contribution is -2.24. The number of hydrogen-bond acceptors (Lipinski definition) is 7. The van der Waals surface area contributed by atoms with Gasteiger partial charge in [-0.05, 0) is 32.9 Å². The molecule has 2 rings (SSSR count). The van der Waals surface area contributed by atoms with E-state index in [0.29, 0.717) is 31.9 Å². The molecule has 0 aliphatic rings. The molecule has 0 fully saturated rings. The van der Waals surface area contributed by atoms with Crippen molar-refractivity contribution in [3.05, 3.63) is 40.8 Å². The Kier molecular flexibility index (Phi) is 8.38. The third kappa shape index (κ3) is 6.87. The second kappa shape index (κ2) is 10.5. The zero-order valence-electron chi connectivity index (χ0n) is 17.0. The normalized spacial score (nSPS) is 11.6. The van der Waals surface area contributed by atoms with Crippen molar-refractivity contribution in [1.29, 1.82) is 0 Å². The summed E-state index contributed by atoms with van der Waals surface area (Å²) in [6.45, 7) is 7.82. The van der Waals surface area contributed by atoms with Crippen molar-refractivity contribution in [2.24, 2.45) is 5.41 Å². The molecule has 0 atom stereocenters. The molecule has 0 radical (unpaired) electrons. The van der Waals surface area contributed by atoms with E-state index in [1.807, 2.05) is 50.9 Å². The maximum atomic E-state index is 11.7. The first-order chi connectivity index (χ1) is 13.3. The summed E-state index contributed by atoms with van der Waals surface area (Å²) in [6, 6.07) is 9.01. The molecule has 1 aromatic carbocycles. The number of carbonyl (C=O) groups is 1. The SMILES string of the molecule is CN(CCOCCSCCOC(=O)C(C)(C)C)c1cc(=O)oc2ccccc12. The molecule has 0 amide bonds. The number of para-hydroxylation sites is 1. The molecule has 6 nitrogen and oxygen atoms in total. The molecule has 0 spiro atoms. The Morgan fingerprint density at radius 3 is 2.61 bits per heavy atom. The highest BCUT2D eigenvalue weighted by Gasteiger charge is 2.22. The Balaban J connectivity index is 1.64. The van der Waals surface area contributed by atoms with Gasteiger partial charge in [-0.3, -0.25) is 4.79 Å². The largest absolute Gasteiger partial charge is 0.464 e. The lowest BCUT2D eigenvalue weighted by molar-refractivity contribution is -0.152. The predicted octanol–water partition coefficient (Wildman–Crippen LogP) is 3.57. The molecule has 28 heavy (non-hydrogen) atoms. The van der Waals surface area contributed by atoms with Crippen LogP contribution in [-0.2, 0) is 14.3 Å². The number of esters is 1. The molecule has 0 N–H and O–H groups in total. The van der Waals surface area contributed by atoms with Crippen LogP contribution in [0.2, 0.25) is 0 Å². The van der Waals surface area contributed by atoms with Crippen molar-refractivity contribution >= 4 is 34.4 Å². The number of nitrogens with zero attached hydrogens (tertiary/aromatic N) is 1. The van der Waals surface area contributed by atoms with E-state index in [0.717, 1.165) is 22.6 Å². The molecule has 0 unspecified atom stereocenters. The van der Waals surface area contributed by atoms with Gasteiger partial charge in [0.1, 0.15) is 12.2 Å². The van der Waals surface area contributed by atoms with Crippen LogP contribution in [0.25, 0.3) is 11.0 Å². The maximum absolute atomic E-state index is 11.7. The highest BCUT2D eigenvalue weighted by molar-refractivity contribution is 7.99. The first-order valence-electron chi connectivity index (χ1n) is 9.36. The summed E-state index contributed by atoms with van der Waals surface area (Å²) < 4.78 is 16.1. The molecule has 154 valence electrons. The standard InChI is InChI=1S/C21H29NO5S/c1-21(2,3)20(24)26-12-14-28-13-11-25-10-9-22(4)17-15-19(23)27-18-8-6-5-7-16(17)18/h5-8,15H,9-14H2,1-4H3. The van der Waals surface area contributed by atoms with Crippen LogP contribution in [0.3, 0.4) is 0 Å². The van der Waals surface area contributed by atoms with E-state index < -0.39 is 5.41 Å². The van der Waals surface area contributed by atoms with Gasteiger partial charge in [-0.15, -0.1) is 0 Å². The molecule has 0 aliphatic carbocycles. The number of rotatable bonds is 10. The van der Waals surface area contributed by atoms with Crippen molar-refractivity contribution in [2.75, 3.05) is 49.8 Å². The van der Waals surface area contributed by atoms with Gasteiger partial charge in [0, 0.05) is 36.6 Å².